The summed E-state index contributed by atoms with van der Waals surface area (Å²) in [4.78, 5) is 4.31. The maximum atomic E-state index is 12.6. The number of nitrogens with one attached hydrogen (secondary N) is 1. The maximum absolute atomic E-state index is 12.6. The SMILES string of the molecule is CNCc1cccc(-c2cn(Cc3ccc(-c4nnc(C(F)F)o4)cn3)nn2)c1. The molecule has 0 aliphatic rings. The van der Waals surface area contributed by atoms with Gasteiger partial charge in [0.1, 0.15) is 5.69 Å². The molecular weight excluding hydrogens is 380 g/mol. The molecule has 0 radical (unpaired) electrons. The van der Waals surface area contributed by atoms with Gasteiger partial charge in [-0.2, -0.15) is 8.78 Å². The molecule has 3 aromatic heterocycles. The lowest BCUT2D eigenvalue weighted by molar-refractivity contribution is 0.116. The Balaban J connectivity index is 1.46. The van der Waals surface area contributed by atoms with Gasteiger partial charge in [0.05, 0.1) is 24.0 Å². The van der Waals surface area contributed by atoms with Gasteiger partial charge in [-0.3, -0.25) is 4.98 Å². The number of halogens is 2. The van der Waals surface area contributed by atoms with E-state index in [0.717, 1.165) is 29.1 Å². The van der Waals surface area contributed by atoms with Crippen LogP contribution in [0, 0.1) is 0 Å². The molecule has 0 aliphatic carbocycles. The number of nitrogens with zero attached hydrogens (tertiary/aromatic N) is 6. The number of pyridine rings is 1. The van der Waals surface area contributed by atoms with Gasteiger partial charge in [0.2, 0.25) is 5.89 Å². The van der Waals surface area contributed by atoms with Crippen molar-refractivity contribution < 1.29 is 13.2 Å². The lowest BCUT2D eigenvalue weighted by atomic mass is 10.1. The third-order valence-electron chi connectivity index (χ3n) is 4.17. The van der Waals surface area contributed by atoms with Crippen molar-refractivity contribution in [2.45, 2.75) is 19.5 Å². The Bertz CT molecular complexity index is 1090. The van der Waals surface area contributed by atoms with Crippen molar-refractivity contribution in [1.82, 2.24) is 35.5 Å². The molecule has 1 aromatic carbocycles. The molecular formula is C19H17F2N7O. The molecule has 0 amide bonds. The fraction of sp³-hybridized carbons (Fsp3) is 0.211. The van der Waals surface area contributed by atoms with E-state index < -0.39 is 12.3 Å². The second-order valence-corrected chi connectivity index (χ2v) is 6.32. The summed E-state index contributed by atoms with van der Waals surface area (Å²) in [5, 5.41) is 18.4. The first-order valence-electron chi connectivity index (χ1n) is 8.83. The van der Waals surface area contributed by atoms with Crippen LogP contribution in [-0.4, -0.2) is 37.2 Å². The van der Waals surface area contributed by atoms with Gasteiger partial charge >= 0.3 is 6.43 Å². The lowest BCUT2D eigenvalue weighted by Gasteiger charge is -2.02. The van der Waals surface area contributed by atoms with Crippen molar-refractivity contribution in [3.05, 3.63) is 65.9 Å². The third kappa shape index (κ3) is 4.32. The predicted octanol–water partition coefficient (Wildman–Crippen LogP) is 3.10. The quantitative estimate of drug-likeness (QED) is 0.512. The monoisotopic (exact) mass is 397 g/mol. The number of aromatic nitrogens is 6. The van der Waals surface area contributed by atoms with Crippen LogP contribution in [0.4, 0.5) is 8.78 Å². The molecule has 0 bridgehead atoms. The first kappa shape index (κ1) is 18.8. The minimum atomic E-state index is -2.80. The summed E-state index contributed by atoms with van der Waals surface area (Å²) in [6.07, 6.45) is 0.543. The van der Waals surface area contributed by atoms with Gasteiger partial charge < -0.3 is 9.73 Å². The molecule has 29 heavy (non-hydrogen) atoms. The maximum Gasteiger partial charge on any atom is 0.314 e. The van der Waals surface area contributed by atoms with E-state index in [1.165, 1.54) is 6.20 Å². The van der Waals surface area contributed by atoms with E-state index in [0.29, 0.717) is 12.1 Å². The summed E-state index contributed by atoms with van der Waals surface area (Å²) < 4.78 is 31.7. The van der Waals surface area contributed by atoms with Crippen LogP contribution in [0.25, 0.3) is 22.7 Å². The predicted molar refractivity (Wildman–Crippen MR) is 99.8 cm³/mol. The topological polar surface area (TPSA) is 94.6 Å². The van der Waals surface area contributed by atoms with Crippen LogP contribution >= 0.6 is 0 Å². The zero-order chi connectivity index (χ0) is 20.2. The summed E-state index contributed by atoms with van der Waals surface area (Å²) in [7, 11) is 1.90. The fourth-order valence-corrected chi connectivity index (χ4v) is 2.80. The van der Waals surface area contributed by atoms with E-state index in [4.69, 9.17) is 4.42 Å². The number of hydrogen-bond donors (Lipinski definition) is 1. The summed E-state index contributed by atoms with van der Waals surface area (Å²) >= 11 is 0. The minimum absolute atomic E-state index is 0.00356. The van der Waals surface area contributed by atoms with Crippen LogP contribution in [0.15, 0.2) is 53.2 Å². The van der Waals surface area contributed by atoms with Crippen molar-refractivity contribution >= 4 is 0 Å². The van der Waals surface area contributed by atoms with Gasteiger partial charge in [-0.1, -0.05) is 23.4 Å². The van der Waals surface area contributed by atoms with E-state index in [-0.39, 0.29) is 5.89 Å². The van der Waals surface area contributed by atoms with Gasteiger partial charge in [0.15, 0.2) is 0 Å². The summed E-state index contributed by atoms with van der Waals surface area (Å²) in [5.74, 6) is -0.707. The van der Waals surface area contributed by atoms with Crippen LogP contribution in [0.1, 0.15) is 23.6 Å². The molecule has 0 spiro atoms. The van der Waals surface area contributed by atoms with Gasteiger partial charge in [-0.15, -0.1) is 15.3 Å². The van der Waals surface area contributed by atoms with Gasteiger partial charge in [0.25, 0.3) is 5.89 Å². The Morgan fingerprint density at radius 1 is 1.10 bits per heavy atom. The zero-order valence-corrected chi connectivity index (χ0v) is 15.5. The van der Waals surface area contributed by atoms with Crippen molar-refractivity contribution in [2.75, 3.05) is 7.05 Å². The summed E-state index contributed by atoms with van der Waals surface area (Å²) in [5.41, 5.74) is 4.10. The Hall–Kier alpha value is -3.53. The highest BCUT2D eigenvalue weighted by Crippen LogP contribution is 2.23. The van der Waals surface area contributed by atoms with E-state index in [1.807, 2.05) is 31.4 Å². The standard InChI is InChI=1S/C19H17F2N7O/c1-22-8-12-3-2-4-13(7-12)16-11-28(27-24-16)10-15-6-5-14(9-23-15)18-25-26-19(29-18)17(20)21/h2-7,9,11,17,22H,8,10H2,1H3. The smallest absolute Gasteiger partial charge is 0.314 e. The van der Waals surface area contributed by atoms with E-state index >= 15 is 0 Å². The van der Waals surface area contributed by atoms with Crippen LogP contribution in [0.2, 0.25) is 0 Å². The molecule has 0 unspecified atom stereocenters. The molecule has 0 saturated heterocycles. The highest BCUT2D eigenvalue weighted by atomic mass is 19.3. The minimum Gasteiger partial charge on any atom is -0.415 e. The second kappa shape index (κ2) is 8.23. The highest BCUT2D eigenvalue weighted by molar-refractivity contribution is 5.58. The molecule has 4 rings (SSSR count). The van der Waals surface area contributed by atoms with E-state index in [2.05, 4.69) is 36.9 Å². The number of hydrogen-bond acceptors (Lipinski definition) is 7. The van der Waals surface area contributed by atoms with Gasteiger partial charge in [-0.05, 0) is 30.8 Å². The fourth-order valence-electron chi connectivity index (χ4n) is 2.80. The van der Waals surface area contributed by atoms with E-state index in [1.54, 1.807) is 16.8 Å². The first-order chi connectivity index (χ1) is 14.1. The zero-order valence-electron chi connectivity index (χ0n) is 15.5. The van der Waals surface area contributed by atoms with Crippen molar-refractivity contribution in [3.8, 4) is 22.7 Å². The molecule has 148 valence electrons. The van der Waals surface area contributed by atoms with Gasteiger partial charge in [0, 0.05) is 18.3 Å². The van der Waals surface area contributed by atoms with Gasteiger partial charge in [-0.25, -0.2) is 4.68 Å². The number of rotatable bonds is 7. The molecule has 3 heterocycles. The van der Waals surface area contributed by atoms with Crippen LogP contribution in [0.3, 0.4) is 0 Å². The number of benzene rings is 1. The Labute approximate surface area is 164 Å². The molecule has 0 fully saturated rings. The molecule has 0 atom stereocenters. The average Bonchev–Trinajstić information content (AvgIpc) is 3.39. The normalized spacial score (nSPS) is 11.3. The molecule has 1 N–H and O–H groups in total. The second-order valence-electron chi connectivity index (χ2n) is 6.32. The summed E-state index contributed by atoms with van der Waals surface area (Å²) in [6.45, 7) is 1.19. The third-order valence-corrected chi connectivity index (χ3v) is 4.17. The van der Waals surface area contributed by atoms with E-state index in [9.17, 15) is 8.78 Å². The summed E-state index contributed by atoms with van der Waals surface area (Å²) in [6, 6.07) is 11.5. The molecule has 0 saturated carbocycles. The van der Waals surface area contributed by atoms with Crippen LogP contribution in [-0.2, 0) is 13.1 Å². The average molecular weight is 397 g/mol. The molecule has 0 aliphatic heterocycles. The Kier molecular flexibility index (Phi) is 5.34. The van der Waals surface area contributed by atoms with Crippen molar-refractivity contribution in [2.24, 2.45) is 0 Å². The Morgan fingerprint density at radius 2 is 2.00 bits per heavy atom. The van der Waals surface area contributed by atoms with Crippen molar-refractivity contribution in [3.63, 3.8) is 0 Å². The van der Waals surface area contributed by atoms with Crippen LogP contribution < -0.4 is 5.32 Å². The molecule has 4 aromatic rings. The largest absolute Gasteiger partial charge is 0.415 e. The molecule has 10 heteroatoms. The van der Waals surface area contributed by atoms with Crippen LogP contribution in [0.5, 0.6) is 0 Å². The first-order valence-corrected chi connectivity index (χ1v) is 8.83. The molecule has 8 nitrogen and oxygen atoms in total. The highest BCUT2D eigenvalue weighted by Gasteiger charge is 2.17. The lowest BCUT2D eigenvalue weighted by Crippen LogP contribution is -2.04. The Morgan fingerprint density at radius 3 is 2.72 bits per heavy atom. The number of alkyl halides is 2. The van der Waals surface area contributed by atoms with Crippen molar-refractivity contribution in [1.29, 1.82) is 0 Å².